The van der Waals surface area contributed by atoms with Crippen LogP contribution in [0.5, 0.6) is 0 Å². The van der Waals surface area contributed by atoms with Crippen molar-refractivity contribution < 1.29 is 9.59 Å². The predicted octanol–water partition coefficient (Wildman–Crippen LogP) is 4.75. The molecule has 2 nitrogen and oxygen atoms in total. The number of carbonyl (C=O) groups is 2. The average Bonchev–Trinajstić information content (AvgIpc) is 2.62. The van der Waals surface area contributed by atoms with Crippen molar-refractivity contribution in [3.05, 3.63) is 101 Å². The van der Waals surface area contributed by atoms with E-state index in [0.717, 1.165) is 5.56 Å². The lowest BCUT2D eigenvalue weighted by Crippen LogP contribution is -2.06. The van der Waals surface area contributed by atoms with Gasteiger partial charge in [0.1, 0.15) is 0 Å². The Morgan fingerprint density at radius 3 is 1.92 bits per heavy atom. The molecule has 0 atom stereocenters. The Labute approximate surface area is 146 Å². The van der Waals surface area contributed by atoms with Crippen LogP contribution < -0.4 is 0 Å². The number of ketones is 2. The summed E-state index contributed by atoms with van der Waals surface area (Å²) in [5.74, 6) is -0.182. The van der Waals surface area contributed by atoms with E-state index in [1.54, 1.807) is 42.5 Å². The molecule has 0 N–H and O–H groups in total. The van der Waals surface area contributed by atoms with Crippen LogP contribution in [-0.4, -0.2) is 11.6 Å². The minimum atomic E-state index is -0.102. The second-order valence-electron chi connectivity index (χ2n) is 5.62. The smallest absolute Gasteiger partial charge is 0.194 e. The Kier molecular flexibility index (Phi) is 4.63. The largest absolute Gasteiger partial charge is 0.289 e. The van der Waals surface area contributed by atoms with Crippen LogP contribution in [0.1, 0.15) is 37.4 Å². The van der Waals surface area contributed by atoms with Gasteiger partial charge in [0.25, 0.3) is 0 Å². The molecule has 0 aliphatic heterocycles. The van der Waals surface area contributed by atoms with Crippen LogP contribution in [0, 0.1) is 6.92 Å². The van der Waals surface area contributed by atoms with Crippen molar-refractivity contribution >= 4 is 24.2 Å². The van der Waals surface area contributed by atoms with E-state index in [0.29, 0.717) is 27.1 Å². The highest BCUT2D eigenvalue weighted by Gasteiger charge is 2.15. The lowest BCUT2D eigenvalue weighted by atomic mass is 9.98. The van der Waals surface area contributed by atoms with Gasteiger partial charge in [0.05, 0.1) is 0 Å². The molecule has 0 heterocycles. The Morgan fingerprint density at radius 2 is 1.29 bits per heavy atom. The average molecular weight is 332 g/mol. The van der Waals surface area contributed by atoms with Gasteiger partial charge in [-0.1, -0.05) is 66.2 Å². The Bertz CT molecular complexity index is 897. The molecule has 3 rings (SSSR count). The first-order chi connectivity index (χ1) is 11.6. The van der Waals surface area contributed by atoms with Crippen LogP contribution in [0.15, 0.2) is 77.7 Å². The molecule has 0 unspecified atom stereocenters. The van der Waals surface area contributed by atoms with Gasteiger partial charge < -0.3 is 0 Å². The van der Waals surface area contributed by atoms with Crippen LogP contribution in [0.2, 0.25) is 0 Å². The minimum absolute atomic E-state index is 0.0796. The highest BCUT2D eigenvalue weighted by Crippen LogP contribution is 2.21. The molecular weight excluding hydrogens is 316 g/mol. The molecule has 0 radical (unpaired) electrons. The van der Waals surface area contributed by atoms with E-state index < -0.39 is 0 Å². The Morgan fingerprint density at radius 1 is 0.708 bits per heavy atom. The fourth-order valence-corrected chi connectivity index (χ4v) is 2.80. The summed E-state index contributed by atoms with van der Waals surface area (Å²) in [6.45, 7) is 1.98. The van der Waals surface area contributed by atoms with Gasteiger partial charge in [-0.3, -0.25) is 9.59 Å². The molecule has 0 amide bonds. The summed E-state index contributed by atoms with van der Waals surface area (Å²) < 4.78 is 0. The van der Waals surface area contributed by atoms with Gasteiger partial charge in [0.2, 0.25) is 0 Å². The van der Waals surface area contributed by atoms with Gasteiger partial charge in [0.15, 0.2) is 11.6 Å². The van der Waals surface area contributed by atoms with Gasteiger partial charge in [0, 0.05) is 27.1 Å². The van der Waals surface area contributed by atoms with Crippen molar-refractivity contribution in [2.75, 3.05) is 0 Å². The maximum Gasteiger partial charge on any atom is 0.194 e. The molecule has 0 spiro atoms. The van der Waals surface area contributed by atoms with Gasteiger partial charge in [-0.25, -0.2) is 0 Å². The number of carbonyl (C=O) groups excluding carboxylic acids is 2. The molecule has 118 valence electrons. The van der Waals surface area contributed by atoms with Crippen LogP contribution >= 0.6 is 12.6 Å². The Balaban J connectivity index is 1.91. The molecule has 3 heteroatoms. The third-order valence-electron chi connectivity index (χ3n) is 3.85. The van der Waals surface area contributed by atoms with E-state index in [2.05, 4.69) is 12.6 Å². The van der Waals surface area contributed by atoms with E-state index in [1.165, 1.54) is 0 Å². The van der Waals surface area contributed by atoms with Crippen LogP contribution in [0.25, 0.3) is 0 Å². The van der Waals surface area contributed by atoms with Crippen LogP contribution in [0.4, 0.5) is 0 Å². The summed E-state index contributed by atoms with van der Waals surface area (Å²) in [7, 11) is 0. The summed E-state index contributed by atoms with van der Waals surface area (Å²) in [4.78, 5) is 25.6. The SMILES string of the molecule is Cc1ccc(C(=O)c2ccc(C(=O)c3ccccc3)c(S)c2)cc1. The number of thiol groups is 1. The monoisotopic (exact) mass is 332 g/mol. The summed E-state index contributed by atoms with van der Waals surface area (Å²) >= 11 is 4.41. The summed E-state index contributed by atoms with van der Waals surface area (Å²) in [6, 6.07) is 21.5. The molecule has 0 saturated carbocycles. The Hall–Kier alpha value is -2.65. The third kappa shape index (κ3) is 3.31. The molecular formula is C21H16O2S. The molecule has 3 aromatic carbocycles. The fraction of sp³-hybridized carbons (Fsp3) is 0.0476. The number of aryl methyl sites for hydroxylation is 1. The highest BCUT2D eigenvalue weighted by atomic mass is 32.1. The first-order valence-corrected chi connectivity index (χ1v) is 8.05. The molecule has 3 aromatic rings. The number of rotatable bonds is 4. The molecule has 0 saturated heterocycles. The van der Waals surface area contributed by atoms with Crippen molar-refractivity contribution in [2.45, 2.75) is 11.8 Å². The predicted molar refractivity (Wildman–Crippen MR) is 98.2 cm³/mol. The minimum Gasteiger partial charge on any atom is -0.289 e. The molecule has 0 aliphatic rings. The molecule has 0 fully saturated rings. The van der Waals surface area contributed by atoms with E-state index in [4.69, 9.17) is 0 Å². The number of benzene rings is 3. The fourth-order valence-electron chi connectivity index (χ4n) is 2.48. The summed E-state index contributed by atoms with van der Waals surface area (Å²) in [6.07, 6.45) is 0. The normalized spacial score (nSPS) is 10.4. The quantitative estimate of drug-likeness (QED) is 0.553. The molecule has 0 aliphatic carbocycles. The molecule has 0 bridgehead atoms. The second kappa shape index (κ2) is 6.85. The van der Waals surface area contributed by atoms with Crippen LogP contribution in [-0.2, 0) is 0 Å². The lowest BCUT2D eigenvalue weighted by Gasteiger charge is -2.07. The van der Waals surface area contributed by atoms with E-state index in [9.17, 15) is 9.59 Å². The van der Waals surface area contributed by atoms with Crippen molar-refractivity contribution in [3.8, 4) is 0 Å². The van der Waals surface area contributed by atoms with Crippen molar-refractivity contribution in [2.24, 2.45) is 0 Å². The van der Waals surface area contributed by atoms with Crippen molar-refractivity contribution in [3.63, 3.8) is 0 Å². The third-order valence-corrected chi connectivity index (χ3v) is 4.22. The summed E-state index contributed by atoms with van der Waals surface area (Å²) in [5.41, 5.74) is 3.34. The lowest BCUT2D eigenvalue weighted by molar-refractivity contribution is 0.102. The maximum atomic E-state index is 12.5. The van der Waals surface area contributed by atoms with Gasteiger partial charge in [-0.15, -0.1) is 12.6 Å². The van der Waals surface area contributed by atoms with Gasteiger partial charge in [-0.2, -0.15) is 0 Å². The zero-order valence-electron chi connectivity index (χ0n) is 13.2. The van der Waals surface area contributed by atoms with Gasteiger partial charge in [-0.05, 0) is 19.1 Å². The second-order valence-corrected chi connectivity index (χ2v) is 6.10. The summed E-state index contributed by atoms with van der Waals surface area (Å²) in [5, 5.41) is 0. The molecule has 24 heavy (non-hydrogen) atoms. The molecule has 0 aromatic heterocycles. The standard InChI is InChI=1S/C21H16O2S/c1-14-7-9-16(10-8-14)20(22)17-11-12-18(19(24)13-17)21(23)15-5-3-2-4-6-15/h2-13,24H,1H3. The van der Waals surface area contributed by atoms with Crippen molar-refractivity contribution in [1.29, 1.82) is 0 Å². The first-order valence-electron chi connectivity index (χ1n) is 7.60. The van der Waals surface area contributed by atoms with Crippen LogP contribution in [0.3, 0.4) is 0 Å². The maximum absolute atomic E-state index is 12.5. The van der Waals surface area contributed by atoms with Gasteiger partial charge >= 0.3 is 0 Å². The van der Waals surface area contributed by atoms with E-state index in [1.807, 2.05) is 37.3 Å². The number of hydrogen-bond donors (Lipinski definition) is 1. The van der Waals surface area contributed by atoms with E-state index in [-0.39, 0.29) is 11.6 Å². The topological polar surface area (TPSA) is 34.1 Å². The zero-order valence-corrected chi connectivity index (χ0v) is 14.1. The first kappa shape index (κ1) is 16.2. The van der Waals surface area contributed by atoms with Crippen molar-refractivity contribution in [1.82, 2.24) is 0 Å². The highest BCUT2D eigenvalue weighted by molar-refractivity contribution is 7.80. The van der Waals surface area contributed by atoms with E-state index >= 15 is 0 Å². The zero-order chi connectivity index (χ0) is 17.1. The number of hydrogen-bond acceptors (Lipinski definition) is 3.